The molecule has 0 aliphatic heterocycles. The molecular weight excluding hydrogens is 250 g/mol. The molecule has 0 radical (unpaired) electrons. The van der Waals surface area contributed by atoms with Gasteiger partial charge in [0.2, 0.25) is 5.91 Å². The standard InChI is InChI=1S/C14H20ClNO2/c1-4-18-14(2,3)10-16-13(17)12(15)11-8-6-5-7-9-11/h5-9,12H,4,10H2,1-3H3,(H,16,17). The van der Waals surface area contributed by atoms with Crippen molar-refractivity contribution in [1.29, 1.82) is 0 Å². The van der Waals surface area contributed by atoms with Crippen molar-refractivity contribution in [3.63, 3.8) is 0 Å². The molecule has 1 rings (SSSR count). The predicted octanol–water partition coefficient (Wildman–Crippen LogP) is 2.90. The van der Waals surface area contributed by atoms with Crippen LogP contribution in [0.4, 0.5) is 0 Å². The molecule has 1 unspecified atom stereocenters. The molecule has 1 aromatic rings. The molecule has 100 valence electrons. The van der Waals surface area contributed by atoms with Gasteiger partial charge in [0.1, 0.15) is 5.38 Å². The number of benzene rings is 1. The Morgan fingerprint density at radius 3 is 2.56 bits per heavy atom. The Bertz CT molecular complexity index is 379. The number of halogens is 1. The Morgan fingerprint density at radius 2 is 2.00 bits per heavy atom. The Morgan fingerprint density at radius 1 is 1.39 bits per heavy atom. The Labute approximate surface area is 113 Å². The van der Waals surface area contributed by atoms with Crippen LogP contribution >= 0.6 is 11.6 Å². The molecule has 1 N–H and O–H groups in total. The topological polar surface area (TPSA) is 38.3 Å². The molecule has 0 saturated carbocycles. The summed E-state index contributed by atoms with van der Waals surface area (Å²) in [5.74, 6) is -0.198. The van der Waals surface area contributed by atoms with E-state index >= 15 is 0 Å². The fourth-order valence-corrected chi connectivity index (χ4v) is 1.83. The third kappa shape index (κ3) is 4.67. The van der Waals surface area contributed by atoms with Gasteiger partial charge in [-0.15, -0.1) is 11.6 Å². The molecule has 3 nitrogen and oxygen atoms in total. The highest BCUT2D eigenvalue weighted by atomic mass is 35.5. The number of carbonyl (C=O) groups excluding carboxylic acids is 1. The summed E-state index contributed by atoms with van der Waals surface area (Å²) in [6, 6.07) is 9.29. The highest BCUT2D eigenvalue weighted by molar-refractivity contribution is 6.30. The average molecular weight is 270 g/mol. The lowest BCUT2D eigenvalue weighted by atomic mass is 10.1. The van der Waals surface area contributed by atoms with Gasteiger partial charge < -0.3 is 10.1 Å². The van der Waals surface area contributed by atoms with Crippen LogP contribution in [0, 0.1) is 0 Å². The number of carbonyl (C=O) groups is 1. The third-order valence-electron chi connectivity index (χ3n) is 2.55. The van der Waals surface area contributed by atoms with Gasteiger partial charge in [-0.3, -0.25) is 4.79 Å². The lowest BCUT2D eigenvalue weighted by Crippen LogP contribution is -2.41. The summed E-state index contributed by atoms with van der Waals surface area (Å²) >= 11 is 6.11. The van der Waals surface area contributed by atoms with Gasteiger partial charge in [-0.25, -0.2) is 0 Å². The number of amides is 1. The first-order valence-electron chi connectivity index (χ1n) is 6.07. The number of ether oxygens (including phenoxy) is 1. The van der Waals surface area contributed by atoms with Gasteiger partial charge in [0.15, 0.2) is 0 Å². The van der Waals surface area contributed by atoms with E-state index in [0.29, 0.717) is 13.2 Å². The van der Waals surface area contributed by atoms with E-state index in [-0.39, 0.29) is 11.5 Å². The quantitative estimate of drug-likeness (QED) is 0.807. The number of hydrogen-bond acceptors (Lipinski definition) is 2. The molecule has 0 aromatic heterocycles. The highest BCUT2D eigenvalue weighted by Crippen LogP contribution is 2.20. The summed E-state index contributed by atoms with van der Waals surface area (Å²) in [6.45, 7) is 6.85. The SMILES string of the molecule is CCOC(C)(C)CNC(=O)C(Cl)c1ccccc1. The van der Waals surface area contributed by atoms with E-state index in [1.165, 1.54) is 0 Å². The van der Waals surface area contributed by atoms with Crippen molar-refractivity contribution in [2.24, 2.45) is 0 Å². The van der Waals surface area contributed by atoms with Crippen LogP contribution in [-0.4, -0.2) is 24.7 Å². The van der Waals surface area contributed by atoms with Crippen LogP contribution < -0.4 is 5.32 Å². The molecule has 0 aliphatic carbocycles. The first kappa shape index (κ1) is 15.0. The van der Waals surface area contributed by atoms with Gasteiger partial charge in [-0.1, -0.05) is 30.3 Å². The van der Waals surface area contributed by atoms with Crippen LogP contribution in [0.15, 0.2) is 30.3 Å². The largest absolute Gasteiger partial charge is 0.374 e. The predicted molar refractivity (Wildman–Crippen MR) is 73.8 cm³/mol. The van der Waals surface area contributed by atoms with Gasteiger partial charge in [-0.05, 0) is 26.3 Å². The molecule has 0 spiro atoms. The second kappa shape index (κ2) is 6.76. The van der Waals surface area contributed by atoms with E-state index in [2.05, 4.69) is 5.32 Å². The summed E-state index contributed by atoms with van der Waals surface area (Å²) < 4.78 is 5.51. The molecule has 0 bridgehead atoms. The monoisotopic (exact) mass is 269 g/mol. The molecule has 4 heteroatoms. The van der Waals surface area contributed by atoms with Crippen LogP contribution in [0.3, 0.4) is 0 Å². The first-order valence-corrected chi connectivity index (χ1v) is 6.50. The number of rotatable bonds is 6. The second-order valence-electron chi connectivity index (χ2n) is 4.68. The van der Waals surface area contributed by atoms with Crippen molar-refractivity contribution in [1.82, 2.24) is 5.32 Å². The lowest BCUT2D eigenvalue weighted by Gasteiger charge is -2.25. The minimum absolute atomic E-state index is 0.198. The Hall–Kier alpha value is -1.06. The maximum Gasteiger partial charge on any atom is 0.242 e. The van der Waals surface area contributed by atoms with Crippen molar-refractivity contribution < 1.29 is 9.53 Å². The fourth-order valence-electron chi connectivity index (χ4n) is 1.60. The number of alkyl halides is 1. The molecule has 1 aromatic carbocycles. The molecule has 1 atom stereocenters. The van der Waals surface area contributed by atoms with Crippen LogP contribution in [0.25, 0.3) is 0 Å². The van der Waals surface area contributed by atoms with Crippen LogP contribution in [0.5, 0.6) is 0 Å². The number of nitrogens with one attached hydrogen (secondary N) is 1. The minimum atomic E-state index is -0.663. The summed E-state index contributed by atoms with van der Waals surface area (Å²) in [4.78, 5) is 11.9. The zero-order valence-corrected chi connectivity index (χ0v) is 11.8. The van der Waals surface area contributed by atoms with Crippen LogP contribution in [-0.2, 0) is 9.53 Å². The summed E-state index contributed by atoms with van der Waals surface area (Å²) in [7, 11) is 0. The van der Waals surface area contributed by atoms with E-state index in [4.69, 9.17) is 16.3 Å². The molecule has 0 fully saturated rings. The van der Waals surface area contributed by atoms with E-state index in [9.17, 15) is 4.79 Å². The van der Waals surface area contributed by atoms with Crippen LogP contribution in [0.2, 0.25) is 0 Å². The molecular formula is C14H20ClNO2. The van der Waals surface area contributed by atoms with E-state index < -0.39 is 5.38 Å². The maximum absolute atomic E-state index is 11.9. The van der Waals surface area contributed by atoms with Crippen LogP contribution in [0.1, 0.15) is 31.7 Å². The van der Waals surface area contributed by atoms with Crippen molar-refractivity contribution in [2.45, 2.75) is 31.7 Å². The van der Waals surface area contributed by atoms with Crippen molar-refractivity contribution in [3.05, 3.63) is 35.9 Å². The Kier molecular flexibility index (Phi) is 5.63. The van der Waals surface area contributed by atoms with Gasteiger partial charge >= 0.3 is 0 Å². The van der Waals surface area contributed by atoms with E-state index in [1.54, 1.807) is 0 Å². The van der Waals surface area contributed by atoms with Gasteiger partial charge in [0.05, 0.1) is 5.60 Å². The Balaban J connectivity index is 2.51. The molecule has 1 amide bonds. The van der Waals surface area contributed by atoms with Gasteiger partial charge in [0.25, 0.3) is 0 Å². The summed E-state index contributed by atoms with van der Waals surface area (Å²) in [6.07, 6.45) is 0. The third-order valence-corrected chi connectivity index (χ3v) is 3.00. The lowest BCUT2D eigenvalue weighted by molar-refractivity contribution is -0.122. The molecule has 0 aliphatic rings. The number of hydrogen-bond donors (Lipinski definition) is 1. The molecule has 0 heterocycles. The normalized spacial score (nSPS) is 13.1. The molecule has 0 saturated heterocycles. The van der Waals surface area contributed by atoms with E-state index in [0.717, 1.165) is 5.56 Å². The van der Waals surface area contributed by atoms with E-state index in [1.807, 2.05) is 51.1 Å². The average Bonchev–Trinajstić information content (AvgIpc) is 2.36. The highest BCUT2D eigenvalue weighted by Gasteiger charge is 2.22. The zero-order valence-electron chi connectivity index (χ0n) is 11.1. The van der Waals surface area contributed by atoms with Gasteiger partial charge in [0, 0.05) is 13.2 Å². The van der Waals surface area contributed by atoms with Crippen molar-refractivity contribution >= 4 is 17.5 Å². The smallest absolute Gasteiger partial charge is 0.242 e. The fraction of sp³-hybridized carbons (Fsp3) is 0.500. The summed E-state index contributed by atoms with van der Waals surface area (Å²) in [5.41, 5.74) is 0.420. The van der Waals surface area contributed by atoms with Crippen molar-refractivity contribution in [2.75, 3.05) is 13.2 Å². The maximum atomic E-state index is 11.9. The van der Waals surface area contributed by atoms with Crippen molar-refractivity contribution in [3.8, 4) is 0 Å². The summed E-state index contributed by atoms with van der Waals surface area (Å²) in [5, 5.41) is 2.15. The molecule has 18 heavy (non-hydrogen) atoms. The first-order chi connectivity index (χ1) is 8.46. The zero-order chi connectivity index (χ0) is 13.6. The van der Waals surface area contributed by atoms with Gasteiger partial charge in [-0.2, -0.15) is 0 Å². The second-order valence-corrected chi connectivity index (χ2v) is 5.12. The minimum Gasteiger partial charge on any atom is -0.374 e.